The van der Waals surface area contributed by atoms with Gasteiger partial charge in [-0.05, 0) is 60.0 Å². The molecule has 1 aliphatic heterocycles. The first-order valence-electron chi connectivity index (χ1n) is 7.98. The quantitative estimate of drug-likeness (QED) is 0.775. The van der Waals surface area contributed by atoms with Gasteiger partial charge >= 0.3 is 0 Å². The summed E-state index contributed by atoms with van der Waals surface area (Å²) in [4.78, 5) is 15.0. The Labute approximate surface area is 150 Å². The lowest BCUT2D eigenvalue weighted by molar-refractivity contribution is 0.0981. The van der Waals surface area contributed by atoms with Crippen LogP contribution in [0.1, 0.15) is 29.8 Å². The van der Waals surface area contributed by atoms with Crippen LogP contribution in [0.4, 0.5) is 5.69 Å². The Hall–Kier alpha value is -2.01. The first-order valence-corrected chi connectivity index (χ1v) is 8.77. The summed E-state index contributed by atoms with van der Waals surface area (Å²) in [7, 11) is 1.58. The maximum Gasteiger partial charge on any atom is 0.258 e. The summed E-state index contributed by atoms with van der Waals surface area (Å²) in [6.07, 6.45) is 0.872. The van der Waals surface area contributed by atoms with Crippen molar-refractivity contribution < 1.29 is 14.3 Å². The summed E-state index contributed by atoms with van der Waals surface area (Å²) in [5, 5.41) is 0. The number of fused-ring (bicyclic) bond motifs is 1. The van der Waals surface area contributed by atoms with E-state index in [1.807, 2.05) is 30.0 Å². The Morgan fingerprint density at radius 1 is 1.33 bits per heavy atom. The molecule has 24 heavy (non-hydrogen) atoms. The van der Waals surface area contributed by atoms with Crippen LogP contribution in [0.15, 0.2) is 40.9 Å². The molecule has 1 unspecified atom stereocenters. The van der Waals surface area contributed by atoms with E-state index in [0.717, 1.165) is 12.1 Å². The molecule has 0 radical (unpaired) electrons. The van der Waals surface area contributed by atoms with E-state index in [4.69, 9.17) is 9.47 Å². The molecule has 4 nitrogen and oxygen atoms in total. The Balaban J connectivity index is 2.00. The summed E-state index contributed by atoms with van der Waals surface area (Å²) in [6, 6.07) is 11.7. The second kappa shape index (κ2) is 6.85. The second-order valence-corrected chi connectivity index (χ2v) is 6.63. The third kappa shape index (κ3) is 2.88. The fourth-order valence-corrected chi connectivity index (χ4v) is 3.70. The van der Waals surface area contributed by atoms with Crippen molar-refractivity contribution in [2.24, 2.45) is 0 Å². The number of hydrogen-bond donors (Lipinski definition) is 0. The number of carbonyl (C=O) groups excluding carboxylic acids is 1. The number of methoxy groups -OCH3 is 1. The van der Waals surface area contributed by atoms with Crippen molar-refractivity contribution in [2.45, 2.75) is 26.3 Å². The monoisotopic (exact) mass is 389 g/mol. The van der Waals surface area contributed by atoms with Crippen molar-refractivity contribution >= 4 is 27.5 Å². The molecule has 2 aromatic rings. The highest BCUT2D eigenvalue weighted by molar-refractivity contribution is 9.10. The highest BCUT2D eigenvalue weighted by atomic mass is 79.9. The molecule has 1 heterocycles. The van der Waals surface area contributed by atoms with Gasteiger partial charge in [-0.1, -0.05) is 18.2 Å². The van der Waals surface area contributed by atoms with Gasteiger partial charge < -0.3 is 14.4 Å². The fraction of sp³-hybridized carbons (Fsp3) is 0.316. The van der Waals surface area contributed by atoms with Crippen LogP contribution in [0.25, 0.3) is 0 Å². The molecule has 1 amide bonds. The van der Waals surface area contributed by atoms with Gasteiger partial charge in [-0.3, -0.25) is 4.79 Å². The van der Waals surface area contributed by atoms with Gasteiger partial charge in [0.1, 0.15) is 0 Å². The smallest absolute Gasteiger partial charge is 0.258 e. The lowest BCUT2D eigenvalue weighted by Crippen LogP contribution is -2.35. The van der Waals surface area contributed by atoms with Gasteiger partial charge in [0.25, 0.3) is 5.91 Å². The predicted molar refractivity (Wildman–Crippen MR) is 98.3 cm³/mol. The van der Waals surface area contributed by atoms with E-state index in [0.29, 0.717) is 28.1 Å². The average molecular weight is 390 g/mol. The van der Waals surface area contributed by atoms with E-state index < -0.39 is 0 Å². The lowest BCUT2D eigenvalue weighted by atomic mass is 10.1. The Morgan fingerprint density at radius 3 is 2.79 bits per heavy atom. The molecule has 0 N–H and O–H groups in total. The number of anilines is 1. The van der Waals surface area contributed by atoms with Crippen molar-refractivity contribution in [3.63, 3.8) is 0 Å². The summed E-state index contributed by atoms with van der Waals surface area (Å²) >= 11 is 3.49. The number of carbonyl (C=O) groups is 1. The minimum Gasteiger partial charge on any atom is -0.493 e. The Kier molecular flexibility index (Phi) is 4.81. The maximum absolute atomic E-state index is 13.1. The number of rotatable bonds is 4. The topological polar surface area (TPSA) is 38.8 Å². The third-order valence-corrected chi connectivity index (χ3v) is 4.78. The molecule has 0 aromatic heterocycles. The molecule has 2 aromatic carbocycles. The van der Waals surface area contributed by atoms with Crippen molar-refractivity contribution in [1.29, 1.82) is 0 Å². The third-order valence-electron chi connectivity index (χ3n) is 4.19. The maximum atomic E-state index is 13.1. The summed E-state index contributed by atoms with van der Waals surface area (Å²) < 4.78 is 11.7. The first-order chi connectivity index (χ1) is 11.6. The minimum absolute atomic E-state index is 0.0329. The molecule has 1 aliphatic rings. The van der Waals surface area contributed by atoms with E-state index in [-0.39, 0.29) is 11.9 Å². The molecule has 0 saturated heterocycles. The number of nitrogens with zero attached hydrogens (tertiary/aromatic N) is 1. The first kappa shape index (κ1) is 16.8. The predicted octanol–water partition coefficient (Wildman–Crippen LogP) is 4.45. The van der Waals surface area contributed by atoms with Crippen LogP contribution in [0.2, 0.25) is 0 Å². The van der Waals surface area contributed by atoms with E-state index >= 15 is 0 Å². The Bertz CT molecular complexity index is 775. The largest absolute Gasteiger partial charge is 0.493 e. The fourth-order valence-electron chi connectivity index (χ4n) is 3.14. The van der Waals surface area contributed by atoms with Crippen molar-refractivity contribution in [3.05, 3.63) is 52.0 Å². The SMILES string of the molecule is CCOc1c(Br)cc(C(=O)N2c3ccccc3CC2C)cc1OC. The molecule has 0 saturated carbocycles. The lowest BCUT2D eigenvalue weighted by Gasteiger charge is -2.23. The normalized spacial score (nSPS) is 16.0. The van der Waals surface area contributed by atoms with Crippen LogP contribution in [-0.4, -0.2) is 25.7 Å². The van der Waals surface area contributed by atoms with Crippen LogP contribution < -0.4 is 14.4 Å². The molecule has 0 aliphatic carbocycles. The van der Waals surface area contributed by atoms with Crippen LogP contribution in [0.3, 0.4) is 0 Å². The van der Waals surface area contributed by atoms with E-state index in [1.165, 1.54) is 5.56 Å². The van der Waals surface area contributed by atoms with E-state index in [1.54, 1.807) is 19.2 Å². The number of benzene rings is 2. The molecule has 0 bridgehead atoms. The van der Waals surface area contributed by atoms with Crippen LogP contribution in [0.5, 0.6) is 11.5 Å². The molecule has 1 atom stereocenters. The van der Waals surface area contributed by atoms with Gasteiger partial charge in [0.15, 0.2) is 11.5 Å². The summed E-state index contributed by atoms with van der Waals surface area (Å²) in [6.45, 7) is 4.51. The van der Waals surface area contributed by atoms with Gasteiger partial charge in [0.2, 0.25) is 0 Å². The molecular formula is C19H20BrNO3. The molecule has 126 valence electrons. The highest BCUT2D eigenvalue weighted by Gasteiger charge is 2.32. The van der Waals surface area contributed by atoms with Crippen LogP contribution in [-0.2, 0) is 6.42 Å². The minimum atomic E-state index is -0.0329. The van der Waals surface area contributed by atoms with Crippen LogP contribution in [0, 0.1) is 0 Å². The summed E-state index contributed by atoms with van der Waals surface area (Å²) in [5.41, 5.74) is 2.76. The number of halogens is 1. The molecule has 0 fully saturated rings. The van der Waals surface area contributed by atoms with Gasteiger partial charge in [0.05, 0.1) is 18.2 Å². The standard InChI is InChI=1S/C19H20BrNO3/c1-4-24-18-15(20)10-14(11-17(18)23-3)19(22)21-12(2)9-13-7-5-6-8-16(13)21/h5-8,10-12H,4,9H2,1-3H3. The van der Waals surface area contributed by atoms with Crippen molar-refractivity contribution in [3.8, 4) is 11.5 Å². The zero-order chi connectivity index (χ0) is 17.3. The van der Waals surface area contributed by atoms with Gasteiger partial charge in [0, 0.05) is 17.3 Å². The number of ether oxygens (including phenoxy) is 2. The second-order valence-electron chi connectivity index (χ2n) is 5.78. The van der Waals surface area contributed by atoms with Crippen LogP contribution >= 0.6 is 15.9 Å². The van der Waals surface area contributed by atoms with Crippen molar-refractivity contribution in [1.82, 2.24) is 0 Å². The zero-order valence-electron chi connectivity index (χ0n) is 14.0. The van der Waals surface area contributed by atoms with Gasteiger partial charge in [-0.25, -0.2) is 0 Å². The molecule has 3 rings (SSSR count). The highest BCUT2D eigenvalue weighted by Crippen LogP contribution is 2.39. The number of para-hydroxylation sites is 1. The molecule has 0 spiro atoms. The number of hydrogen-bond acceptors (Lipinski definition) is 3. The Morgan fingerprint density at radius 2 is 2.08 bits per heavy atom. The number of amides is 1. The zero-order valence-corrected chi connectivity index (χ0v) is 15.6. The van der Waals surface area contributed by atoms with E-state index in [9.17, 15) is 4.79 Å². The molecule has 5 heteroatoms. The van der Waals surface area contributed by atoms with Gasteiger partial charge in [-0.15, -0.1) is 0 Å². The average Bonchev–Trinajstić information content (AvgIpc) is 2.91. The van der Waals surface area contributed by atoms with Gasteiger partial charge in [-0.2, -0.15) is 0 Å². The van der Waals surface area contributed by atoms with E-state index in [2.05, 4.69) is 28.9 Å². The molecular weight excluding hydrogens is 370 g/mol. The summed E-state index contributed by atoms with van der Waals surface area (Å²) in [5.74, 6) is 1.13. The van der Waals surface area contributed by atoms with Crippen molar-refractivity contribution in [2.75, 3.05) is 18.6 Å².